The average molecular weight is 421 g/mol. The van der Waals surface area contributed by atoms with Crippen LogP contribution >= 0.6 is 35.0 Å². The number of alkyl halides is 3. The molecule has 0 aliphatic heterocycles. The van der Waals surface area contributed by atoms with Crippen molar-refractivity contribution in [2.24, 2.45) is 4.99 Å². The lowest BCUT2D eigenvalue weighted by molar-refractivity contribution is -0.137. The first kappa shape index (κ1) is 20.6. The fraction of sp³-hybridized carbons (Fsp3) is 0.176. The summed E-state index contributed by atoms with van der Waals surface area (Å²) in [5.41, 5.74) is -0.281. The molecule has 0 atom stereocenters. The second-order valence-electron chi connectivity index (χ2n) is 5.10. The Morgan fingerprint density at radius 3 is 2.46 bits per heavy atom. The Morgan fingerprint density at radius 2 is 1.85 bits per heavy atom. The lowest BCUT2D eigenvalue weighted by Crippen LogP contribution is -2.12. The highest BCUT2D eigenvalue weighted by atomic mass is 35.5. The predicted octanol–water partition coefficient (Wildman–Crippen LogP) is 6.55. The molecular weight excluding hydrogens is 408 g/mol. The summed E-state index contributed by atoms with van der Waals surface area (Å²) in [7, 11) is 0. The van der Waals surface area contributed by atoms with E-state index in [1.807, 2.05) is 6.07 Å². The molecule has 9 heteroatoms. The van der Waals surface area contributed by atoms with Crippen LogP contribution in [-0.4, -0.2) is 17.3 Å². The molecule has 0 spiro atoms. The van der Waals surface area contributed by atoms with Crippen molar-refractivity contribution in [2.45, 2.75) is 12.6 Å². The fourth-order valence-corrected chi connectivity index (χ4v) is 2.95. The van der Waals surface area contributed by atoms with Crippen LogP contribution in [0.4, 0.5) is 23.7 Å². The smallest absolute Gasteiger partial charge is 0.306 e. The highest BCUT2D eigenvalue weighted by molar-refractivity contribution is 8.13. The van der Waals surface area contributed by atoms with Crippen molar-refractivity contribution in [1.29, 1.82) is 0 Å². The third-order valence-corrected chi connectivity index (χ3v) is 4.69. The van der Waals surface area contributed by atoms with Gasteiger partial charge in [-0.25, -0.2) is 4.79 Å². The van der Waals surface area contributed by atoms with Gasteiger partial charge in [-0.15, -0.1) is 11.8 Å². The van der Waals surface area contributed by atoms with E-state index in [9.17, 15) is 18.0 Å². The van der Waals surface area contributed by atoms with Crippen LogP contribution in [-0.2, 0) is 12.6 Å². The Bertz CT molecular complexity index is 841. The van der Waals surface area contributed by atoms with Gasteiger partial charge in [0.1, 0.15) is 0 Å². The number of amides is 2. The summed E-state index contributed by atoms with van der Waals surface area (Å²) in [4.78, 5) is 15.9. The average Bonchev–Trinajstić information content (AvgIpc) is 2.57. The Kier molecular flexibility index (Phi) is 6.97. The summed E-state index contributed by atoms with van der Waals surface area (Å²) in [6.45, 7) is 0. The first-order chi connectivity index (χ1) is 12.2. The van der Waals surface area contributed by atoms with Gasteiger partial charge in [-0.2, -0.15) is 18.2 Å². The number of hydrogen-bond donors (Lipinski definition) is 1. The van der Waals surface area contributed by atoms with Crippen molar-refractivity contribution in [3.8, 4) is 0 Å². The first-order valence-corrected chi connectivity index (χ1v) is 9.21. The second kappa shape index (κ2) is 8.79. The van der Waals surface area contributed by atoms with E-state index in [1.165, 1.54) is 17.8 Å². The molecule has 2 aromatic carbocycles. The largest absolute Gasteiger partial charge is 0.417 e. The molecule has 2 amide bonds. The summed E-state index contributed by atoms with van der Waals surface area (Å²) in [5, 5.41) is 2.89. The van der Waals surface area contributed by atoms with E-state index in [0.29, 0.717) is 16.5 Å². The minimum Gasteiger partial charge on any atom is -0.306 e. The Labute approximate surface area is 162 Å². The van der Waals surface area contributed by atoms with Crippen LogP contribution in [0.1, 0.15) is 11.1 Å². The van der Waals surface area contributed by atoms with Crippen molar-refractivity contribution in [3.63, 3.8) is 0 Å². The zero-order valence-electron chi connectivity index (χ0n) is 13.4. The standard InChI is InChI=1S/C17H13Cl2F3N2OS/c1-26-15(8-10-4-2-3-5-13(10)18)24-16(25)23-11-6-7-14(19)12(9-11)17(20,21)22/h2-7,9H,8H2,1H3,(H,23,25). The topological polar surface area (TPSA) is 41.5 Å². The first-order valence-electron chi connectivity index (χ1n) is 7.23. The van der Waals surface area contributed by atoms with Gasteiger partial charge in [-0.1, -0.05) is 41.4 Å². The Morgan fingerprint density at radius 1 is 1.15 bits per heavy atom. The number of nitrogens with one attached hydrogen (secondary N) is 1. The molecular formula is C17H13Cl2F3N2OS. The van der Waals surface area contributed by atoms with Crippen LogP contribution in [0.5, 0.6) is 0 Å². The van der Waals surface area contributed by atoms with Gasteiger partial charge < -0.3 is 5.32 Å². The van der Waals surface area contributed by atoms with Crippen LogP contribution in [0.3, 0.4) is 0 Å². The number of carbonyl (C=O) groups excluding carboxylic acids is 1. The van der Waals surface area contributed by atoms with Gasteiger partial charge in [-0.05, 0) is 36.1 Å². The second-order valence-corrected chi connectivity index (χ2v) is 6.79. The minimum absolute atomic E-state index is 0.0475. The van der Waals surface area contributed by atoms with Crippen molar-refractivity contribution in [2.75, 3.05) is 11.6 Å². The maximum absolute atomic E-state index is 12.9. The van der Waals surface area contributed by atoms with Gasteiger partial charge >= 0.3 is 12.2 Å². The molecule has 138 valence electrons. The van der Waals surface area contributed by atoms with Gasteiger partial charge in [0.25, 0.3) is 0 Å². The van der Waals surface area contributed by atoms with E-state index in [4.69, 9.17) is 23.2 Å². The monoisotopic (exact) mass is 420 g/mol. The van der Waals surface area contributed by atoms with Crippen molar-refractivity contribution in [3.05, 3.63) is 63.6 Å². The van der Waals surface area contributed by atoms with Crippen LogP contribution in [0, 0.1) is 0 Å². The molecule has 0 heterocycles. The molecule has 0 bridgehead atoms. The third kappa shape index (κ3) is 5.65. The SMILES string of the molecule is CSC(Cc1ccccc1Cl)=NC(=O)Nc1ccc(Cl)c(C(F)(F)F)c1. The molecule has 0 aliphatic carbocycles. The molecule has 0 aromatic heterocycles. The van der Waals surface area contributed by atoms with Crippen molar-refractivity contribution >= 4 is 51.7 Å². The number of halogens is 5. The number of urea groups is 1. The maximum Gasteiger partial charge on any atom is 0.417 e. The van der Waals surface area contributed by atoms with E-state index in [-0.39, 0.29) is 5.69 Å². The fourth-order valence-electron chi connectivity index (χ4n) is 2.05. The molecule has 0 radical (unpaired) electrons. The number of aliphatic imine (C=N–C) groups is 1. The van der Waals surface area contributed by atoms with Gasteiger partial charge in [0.15, 0.2) is 0 Å². The molecule has 0 saturated carbocycles. The molecule has 0 fully saturated rings. The molecule has 2 rings (SSSR count). The number of hydrogen-bond acceptors (Lipinski definition) is 2. The van der Waals surface area contributed by atoms with Crippen LogP contribution < -0.4 is 5.32 Å². The van der Waals surface area contributed by atoms with Crippen molar-refractivity contribution < 1.29 is 18.0 Å². The lowest BCUT2D eigenvalue weighted by Gasteiger charge is -2.11. The maximum atomic E-state index is 12.9. The highest BCUT2D eigenvalue weighted by Gasteiger charge is 2.33. The van der Waals surface area contributed by atoms with E-state index in [0.717, 1.165) is 17.7 Å². The summed E-state index contributed by atoms with van der Waals surface area (Å²) in [5.74, 6) is 0. The van der Waals surface area contributed by atoms with Gasteiger partial charge in [0.05, 0.1) is 15.6 Å². The Hall–Kier alpha value is -1.70. The summed E-state index contributed by atoms with van der Waals surface area (Å²) in [6, 6.07) is 9.46. The van der Waals surface area contributed by atoms with Gasteiger partial charge in [0, 0.05) is 17.1 Å². The number of rotatable bonds is 3. The Balaban J connectivity index is 2.16. The van der Waals surface area contributed by atoms with E-state index in [2.05, 4.69) is 10.3 Å². The molecule has 2 aromatic rings. The number of carbonyl (C=O) groups is 1. The summed E-state index contributed by atoms with van der Waals surface area (Å²) >= 11 is 12.9. The molecule has 3 nitrogen and oxygen atoms in total. The van der Waals surface area contributed by atoms with Crippen LogP contribution in [0.15, 0.2) is 47.5 Å². The number of anilines is 1. The van der Waals surface area contributed by atoms with E-state index >= 15 is 0 Å². The molecule has 0 saturated heterocycles. The minimum atomic E-state index is -4.62. The zero-order chi connectivity index (χ0) is 19.3. The van der Waals surface area contributed by atoms with Gasteiger partial charge in [0.2, 0.25) is 0 Å². The summed E-state index contributed by atoms with van der Waals surface area (Å²) < 4.78 is 38.6. The quantitative estimate of drug-likeness (QED) is 0.451. The number of nitrogens with zero attached hydrogens (tertiary/aromatic N) is 1. The predicted molar refractivity (Wildman–Crippen MR) is 102 cm³/mol. The molecule has 0 unspecified atom stereocenters. The van der Waals surface area contributed by atoms with Crippen LogP contribution in [0.2, 0.25) is 10.0 Å². The van der Waals surface area contributed by atoms with Gasteiger partial charge in [-0.3, -0.25) is 0 Å². The number of benzene rings is 2. The normalized spacial score (nSPS) is 12.2. The molecule has 1 N–H and O–H groups in total. The van der Waals surface area contributed by atoms with Crippen molar-refractivity contribution in [1.82, 2.24) is 0 Å². The lowest BCUT2D eigenvalue weighted by atomic mass is 10.2. The summed E-state index contributed by atoms with van der Waals surface area (Å²) in [6.07, 6.45) is -2.54. The third-order valence-electron chi connectivity index (χ3n) is 3.28. The van der Waals surface area contributed by atoms with E-state index < -0.39 is 22.8 Å². The molecule has 0 aliphatic rings. The highest BCUT2D eigenvalue weighted by Crippen LogP contribution is 2.36. The van der Waals surface area contributed by atoms with E-state index in [1.54, 1.807) is 24.5 Å². The van der Waals surface area contributed by atoms with Crippen LogP contribution in [0.25, 0.3) is 0 Å². The number of thioether (sulfide) groups is 1. The molecule has 26 heavy (non-hydrogen) atoms. The zero-order valence-corrected chi connectivity index (χ0v) is 15.7.